The maximum absolute atomic E-state index is 13.2. The fourth-order valence-electron chi connectivity index (χ4n) is 3.72. The number of amides is 1. The van der Waals surface area contributed by atoms with E-state index < -0.39 is 43.7 Å². The van der Waals surface area contributed by atoms with Gasteiger partial charge in [0.1, 0.15) is 0 Å². The van der Waals surface area contributed by atoms with E-state index in [0.717, 1.165) is 5.41 Å². The van der Waals surface area contributed by atoms with E-state index in [4.69, 9.17) is 5.73 Å². The van der Waals surface area contributed by atoms with Gasteiger partial charge in [-0.05, 0) is 36.5 Å². The third-order valence-electron chi connectivity index (χ3n) is 5.78. The number of alkyl halides is 2. The van der Waals surface area contributed by atoms with Gasteiger partial charge >= 0.3 is 0 Å². The predicted molar refractivity (Wildman–Crippen MR) is 110 cm³/mol. The van der Waals surface area contributed by atoms with E-state index in [-0.39, 0.29) is 43.3 Å². The molecule has 12 heteroatoms. The van der Waals surface area contributed by atoms with Gasteiger partial charge in [-0.25, -0.2) is 30.3 Å². The van der Waals surface area contributed by atoms with Gasteiger partial charge in [-0.3, -0.25) is 4.79 Å². The Morgan fingerprint density at radius 1 is 1.29 bits per heavy atom. The number of nitrogens with one attached hydrogen (secondary N) is 1. The molecule has 172 valence electrons. The third-order valence-corrected chi connectivity index (χ3v) is 8.67. The molecule has 2 aliphatic rings. The molecule has 8 nitrogen and oxygen atoms in total. The molecular weight excluding hydrogens is 452 g/mol. The maximum atomic E-state index is 13.2. The fourth-order valence-corrected chi connectivity index (χ4v) is 5.84. The molecule has 0 spiro atoms. The summed E-state index contributed by atoms with van der Waals surface area (Å²) in [6.45, 7) is 3.71. The number of sulfonamides is 2. The largest absolute Gasteiger partial charge is 0.369 e. The zero-order valence-corrected chi connectivity index (χ0v) is 18.3. The smallest absolute Gasteiger partial charge is 0.251 e. The van der Waals surface area contributed by atoms with Gasteiger partial charge in [0.15, 0.2) is 0 Å². The minimum atomic E-state index is -3.82. The van der Waals surface area contributed by atoms with Gasteiger partial charge in [0, 0.05) is 37.4 Å². The van der Waals surface area contributed by atoms with Crippen molar-refractivity contribution in [1.29, 1.82) is 0 Å². The number of carbonyl (C=O) groups excluding carboxylic acids is 1. The highest BCUT2D eigenvalue weighted by atomic mass is 32.2. The Balaban J connectivity index is 1.67. The van der Waals surface area contributed by atoms with Crippen molar-refractivity contribution < 1.29 is 30.4 Å². The number of hydrogen-bond acceptors (Lipinski definition) is 5. The van der Waals surface area contributed by atoms with Crippen LogP contribution >= 0.6 is 0 Å². The van der Waals surface area contributed by atoms with Crippen LogP contribution in [0.4, 0.5) is 8.78 Å². The molecule has 2 fully saturated rings. The van der Waals surface area contributed by atoms with Crippen LogP contribution < -0.4 is 10.5 Å². The van der Waals surface area contributed by atoms with Crippen LogP contribution in [0.5, 0.6) is 0 Å². The maximum Gasteiger partial charge on any atom is 0.251 e. The van der Waals surface area contributed by atoms with E-state index in [0.29, 0.717) is 12.0 Å². The second-order valence-electron chi connectivity index (χ2n) is 8.00. The van der Waals surface area contributed by atoms with Crippen molar-refractivity contribution >= 4 is 26.0 Å². The molecule has 1 aliphatic heterocycles. The molecule has 0 bridgehead atoms. The van der Waals surface area contributed by atoms with E-state index in [1.54, 1.807) is 0 Å². The molecule has 1 aromatic rings. The number of halogens is 2. The van der Waals surface area contributed by atoms with Crippen LogP contribution in [-0.4, -0.2) is 52.6 Å². The Bertz CT molecular complexity index is 1060. The highest BCUT2D eigenvalue weighted by molar-refractivity contribution is 7.92. The van der Waals surface area contributed by atoms with Gasteiger partial charge in [0.25, 0.3) is 5.92 Å². The summed E-state index contributed by atoms with van der Waals surface area (Å²) in [5, 5.41) is 0.793. The summed E-state index contributed by atoms with van der Waals surface area (Å²) >= 11 is 0. The summed E-state index contributed by atoms with van der Waals surface area (Å²) in [5.41, 5.74) is 5.77. The Kier molecular flexibility index (Phi) is 6.57. The lowest BCUT2D eigenvalue weighted by Crippen LogP contribution is -2.32. The Morgan fingerprint density at radius 2 is 1.90 bits per heavy atom. The number of benzene rings is 1. The van der Waals surface area contributed by atoms with Crippen LogP contribution in [0.3, 0.4) is 0 Å². The zero-order valence-electron chi connectivity index (χ0n) is 16.7. The molecule has 3 unspecified atom stereocenters. The van der Waals surface area contributed by atoms with Crippen molar-refractivity contribution in [3.05, 3.63) is 41.8 Å². The molecule has 0 radical (unpaired) electrons. The molecule has 31 heavy (non-hydrogen) atoms. The number of rotatable bonds is 10. The molecule has 3 N–H and O–H groups in total. The first kappa shape index (κ1) is 23.8. The average molecular weight is 478 g/mol. The lowest BCUT2D eigenvalue weighted by molar-refractivity contribution is -0.119. The Morgan fingerprint density at radius 3 is 2.42 bits per heavy atom. The quantitative estimate of drug-likeness (QED) is 0.526. The first-order valence-corrected chi connectivity index (χ1v) is 12.7. The number of primary amides is 1. The molecule has 1 amide bonds. The van der Waals surface area contributed by atoms with Crippen LogP contribution in [0.2, 0.25) is 0 Å². The van der Waals surface area contributed by atoms with Gasteiger partial charge < -0.3 is 5.73 Å². The van der Waals surface area contributed by atoms with Crippen molar-refractivity contribution in [3.8, 4) is 0 Å². The van der Waals surface area contributed by atoms with E-state index in [2.05, 4.69) is 11.3 Å². The van der Waals surface area contributed by atoms with Crippen LogP contribution in [-0.2, 0) is 24.8 Å². The summed E-state index contributed by atoms with van der Waals surface area (Å²) < 4.78 is 78.8. The van der Waals surface area contributed by atoms with Crippen molar-refractivity contribution in [1.82, 2.24) is 9.03 Å². The zero-order chi connectivity index (χ0) is 23.0. The predicted octanol–water partition coefficient (Wildman–Crippen LogP) is 1.37. The normalized spacial score (nSPS) is 24.6. The number of nitrogens with two attached hydrogens (primary N) is 1. The summed E-state index contributed by atoms with van der Waals surface area (Å²) in [6, 6.07) is 5.52. The number of carbonyl (C=O) groups is 1. The summed E-state index contributed by atoms with van der Waals surface area (Å²) in [7, 11) is -7.41. The summed E-state index contributed by atoms with van der Waals surface area (Å²) in [5.74, 6) is -5.49. The van der Waals surface area contributed by atoms with Gasteiger partial charge in [0.05, 0.1) is 10.8 Å². The molecule has 1 aromatic carbocycles. The van der Waals surface area contributed by atoms with Crippen LogP contribution in [0, 0.1) is 11.8 Å². The minimum absolute atomic E-state index is 0.00328. The van der Waals surface area contributed by atoms with E-state index in [9.17, 15) is 30.4 Å². The summed E-state index contributed by atoms with van der Waals surface area (Å²) in [4.78, 5) is 11.8. The van der Waals surface area contributed by atoms with Crippen LogP contribution in [0.25, 0.3) is 0 Å². The van der Waals surface area contributed by atoms with E-state index in [1.165, 1.54) is 28.6 Å². The first-order valence-electron chi connectivity index (χ1n) is 9.75. The lowest BCUT2D eigenvalue weighted by atomic mass is 9.93. The van der Waals surface area contributed by atoms with Crippen molar-refractivity contribution in [2.75, 3.05) is 19.6 Å². The van der Waals surface area contributed by atoms with E-state index in [1.807, 2.05) is 0 Å². The highest BCUT2D eigenvalue weighted by Crippen LogP contribution is 2.53. The Labute approximate surface area is 180 Å². The molecule has 3 atom stereocenters. The van der Waals surface area contributed by atoms with Crippen LogP contribution in [0.15, 0.2) is 41.1 Å². The average Bonchev–Trinajstić information content (AvgIpc) is 3.08. The van der Waals surface area contributed by atoms with Crippen molar-refractivity contribution in [2.24, 2.45) is 17.6 Å². The molecule has 0 aromatic heterocycles. The molecular formula is C19H25F2N3O5S2. The van der Waals surface area contributed by atoms with Gasteiger partial charge in [-0.15, -0.1) is 0 Å². The SMILES string of the molecule is C=CS(=O)(=O)NCC1CCN(S(=O)(=O)c2ccc(C(CC3CC3(F)F)C(N)=O)cc2)C1. The van der Waals surface area contributed by atoms with Crippen molar-refractivity contribution in [3.63, 3.8) is 0 Å². The van der Waals surface area contributed by atoms with E-state index >= 15 is 0 Å². The standard InChI is InChI=1S/C19H25F2N3O5S2/c1-2-30(26,27)23-11-13-7-8-24(12-13)31(28,29)16-5-3-14(4-6-16)17(18(22)25)9-15-10-19(15,20)21/h2-6,13,15,17,23H,1,7-12H2,(H2,22,25). The van der Waals surface area contributed by atoms with Gasteiger partial charge in [-0.2, -0.15) is 4.31 Å². The van der Waals surface area contributed by atoms with Gasteiger partial charge in [-0.1, -0.05) is 18.7 Å². The third kappa shape index (κ3) is 5.48. The second-order valence-corrected chi connectivity index (χ2v) is 11.6. The van der Waals surface area contributed by atoms with Crippen LogP contribution in [0.1, 0.15) is 30.7 Å². The minimum Gasteiger partial charge on any atom is -0.369 e. The Hall–Kier alpha value is -1.89. The first-order chi connectivity index (χ1) is 14.4. The number of nitrogens with zero attached hydrogens (tertiary/aromatic N) is 1. The fraction of sp³-hybridized carbons (Fsp3) is 0.526. The molecule has 1 heterocycles. The number of hydrogen-bond donors (Lipinski definition) is 2. The monoisotopic (exact) mass is 477 g/mol. The molecule has 1 aliphatic carbocycles. The molecule has 3 rings (SSSR count). The summed E-state index contributed by atoms with van der Waals surface area (Å²) in [6.07, 6.45) is 0.140. The van der Waals surface area contributed by atoms with Crippen molar-refractivity contribution in [2.45, 2.75) is 36.0 Å². The molecule has 1 saturated carbocycles. The second kappa shape index (κ2) is 8.57. The molecule has 1 saturated heterocycles. The topological polar surface area (TPSA) is 127 Å². The van der Waals surface area contributed by atoms with Gasteiger partial charge in [0.2, 0.25) is 26.0 Å². The highest BCUT2D eigenvalue weighted by Gasteiger charge is 2.57. The lowest BCUT2D eigenvalue weighted by Gasteiger charge is -2.18.